The fourth-order valence-corrected chi connectivity index (χ4v) is 4.92. The van der Waals surface area contributed by atoms with Gasteiger partial charge in [-0.2, -0.15) is 0 Å². The number of carbonyl (C=O) groups is 1. The monoisotopic (exact) mass is 487 g/mol. The second-order valence-electron chi connectivity index (χ2n) is 7.42. The van der Waals surface area contributed by atoms with Gasteiger partial charge in [0.2, 0.25) is 0 Å². The van der Waals surface area contributed by atoms with E-state index >= 15 is 0 Å². The zero-order valence-corrected chi connectivity index (χ0v) is 19.5. The van der Waals surface area contributed by atoms with Gasteiger partial charge in [0, 0.05) is 36.2 Å². The predicted molar refractivity (Wildman–Crippen MR) is 127 cm³/mol. The lowest BCUT2D eigenvalue weighted by molar-refractivity contribution is 0.0376. The fraction of sp³-hybridized carbons (Fsp3) is 0.391. The highest BCUT2D eigenvalue weighted by atomic mass is 79.9. The number of hydrogen-bond acceptors (Lipinski definition) is 5. The minimum absolute atomic E-state index is 0.000696. The molecular weight excluding hydrogens is 462 g/mol. The molecule has 0 aliphatic carbocycles. The molecule has 1 amide bonds. The van der Waals surface area contributed by atoms with Gasteiger partial charge in [0.15, 0.2) is 5.13 Å². The molecule has 1 saturated heterocycles. The molecule has 0 unspecified atom stereocenters. The smallest absolute Gasteiger partial charge is 0.260 e. The van der Waals surface area contributed by atoms with E-state index in [2.05, 4.69) is 46.0 Å². The zero-order valence-electron chi connectivity index (χ0n) is 17.1. The molecule has 2 heterocycles. The van der Waals surface area contributed by atoms with Crippen LogP contribution in [0.15, 0.2) is 46.9 Å². The van der Waals surface area contributed by atoms with Crippen LogP contribution in [-0.2, 0) is 11.2 Å². The van der Waals surface area contributed by atoms with Crippen molar-refractivity contribution in [2.45, 2.75) is 19.8 Å². The number of thiazole rings is 1. The molecule has 5 nitrogen and oxygen atoms in total. The molecular formula is C23H26BrN3O2S. The first-order valence-electron chi connectivity index (χ1n) is 10.4. The number of amides is 1. The van der Waals surface area contributed by atoms with Crippen LogP contribution in [0.2, 0.25) is 0 Å². The Kier molecular flexibility index (Phi) is 7.15. The van der Waals surface area contributed by atoms with Crippen LogP contribution in [0.3, 0.4) is 0 Å². The number of rotatable bonds is 7. The van der Waals surface area contributed by atoms with Gasteiger partial charge >= 0.3 is 0 Å². The standard InChI is InChI=1S/C23H26BrN3O2S/c1-2-17-4-9-20-21(16-17)30-23(25-20)27(11-3-10-26-12-14-29-15-13-26)22(28)18-5-7-19(24)8-6-18/h4-9,16H,2-3,10-15H2,1H3. The molecule has 3 aromatic rings. The third kappa shape index (κ3) is 5.09. The van der Waals surface area contributed by atoms with Gasteiger partial charge in [-0.25, -0.2) is 4.98 Å². The summed E-state index contributed by atoms with van der Waals surface area (Å²) in [5.41, 5.74) is 2.92. The minimum Gasteiger partial charge on any atom is -0.379 e. The van der Waals surface area contributed by atoms with Crippen LogP contribution < -0.4 is 4.90 Å². The van der Waals surface area contributed by atoms with Crippen molar-refractivity contribution >= 4 is 48.5 Å². The van der Waals surface area contributed by atoms with Gasteiger partial charge < -0.3 is 4.74 Å². The topological polar surface area (TPSA) is 45.7 Å². The van der Waals surface area contributed by atoms with Crippen LogP contribution in [0.1, 0.15) is 29.3 Å². The Labute approximate surface area is 189 Å². The second kappa shape index (κ2) is 10.0. The van der Waals surface area contributed by atoms with Crippen LogP contribution in [0.4, 0.5) is 5.13 Å². The van der Waals surface area contributed by atoms with E-state index < -0.39 is 0 Å². The summed E-state index contributed by atoms with van der Waals surface area (Å²) in [4.78, 5) is 22.4. The highest BCUT2D eigenvalue weighted by Gasteiger charge is 2.22. The molecule has 0 saturated carbocycles. The molecule has 1 aromatic heterocycles. The number of fused-ring (bicyclic) bond motifs is 1. The molecule has 30 heavy (non-hydrogen) atoms. The molecule has 1 aliphatic heterocycles. The van der Waals surface area contributed by atoms with E-state index in [1.165, 1.54) is 5.56 Å². The molecule has 4 rings (SSSR count). The van der Waals surface area contributed by atoms with Crippen molar-refractivity contribution in [3.05, 3.63) is 58.1 Å². The highest BCUT2D eigenvalue weighted by molar-refractivity contribution is 9.10. The number of carbonyl (C=O) groups excluding carboxylic acids is 1. The van der Waals surface area contributed by atoms with E-state index in [1.54, 1.807) is 11.3 Å². The van der Waals surface area contributed by atoms with Crippen LogP contribution in [0, 0.1) is 0 Å². The number of anilines is 1. The number of hydrogen-bond donors (Lipinski definition) is 0. The highest BCUT2D eigenvalue weighted by Crippen LogP contribution is 2.31. The first-order valence-corrected chi connectivity index (χ1v) is 12.0. The third-order valence-electron chi connectivity index (χ3n) is 5.38. The maximum absolute atomic E-state index is 13.4. The van der Waals surface area contributed by atoms with Crippen molar-refractivity contribution in [3.8, 4) is 0 Å². The molecule has 1 fully saturated rings. The fourth-order valence-electron chi connectivity index (χ4n) is 3.60. The number of nitrogens with zero attached hydrogens (tertiary/aromatic N) is 3. The number of ether oxygens (including phenoxy) is 1. The molecule has 0 bridgehead atoms. The molecule has 0 spiro atoms. The molecule has 0 radical (unpaired) electrons. The largest absolute Gasteiger partial charge is 0.379 e. The summed E-state index contributed by atoms with van der Waals surface area (Å²) in [6.07, 6.45) is 1.89. The Balaban J connectivity index is 1.57. The Morgan fingerprint density at radius 1 is 1.20 bits per heavy atom. The van der Waals surface area contributed by atoms with Crippen molar-refractivity contribution in [2.24, 2.45) is 0 Å². The Hall–Kier alpha value is -1.80. The summed E-state index contributed by atoms with van der Waals surface area (Å²) < 4.78 is 7.53. The quantitative estimate of drug-likeness (QED) is 0.470. The Bertz CT molecular complexity index is 999. The lowest BCUT2D eigenvalue weighted by Gasteiger charge is -2.27. The molecule has 0 atom stereocenters. The van der Waals surface area contributed by atoms with E-state index in [4.69, 9.17) is 9.72 Å². The van der Waals surface area contributed by atoms with E-state index in [1.807, 2.05) is 29.2 Å². The number of aromatic nitrogens is 1. The Morgan fingerprint density at radius 2 is 1.97 bits per heavy atom. The maximum Gasteiger partial charge on any atom is 0.260 e. The van der Waals surface area contributed by atoms with Gasteiger partial charge in [-0.1, -0.05) is 40.3 Å². The first-order chi connectivity index (χ1) is 14.6. The van der Waals surface area contributed by atoms with Crippen LogP contribution in [-0.4, -0.2) is 55.2 Å². The lowest BCUT2D eigenvalue weighted by Crippen LogP contribution is -2.39. The first kappa shape index (κ1) is 21.4. The average molecular weight is 488 g/mol. The molecule has 0 N–H and O–H groups in total. The van der Waals surface area contributed by atoms with Crippen molar-refractivity contribution in [3.63, 3.8) is 0 Å². The molecule has 1 aliphatic rings. The van der Waals surface area contributed by atoms with Gasteiger partial charge in [-0.15, -0.1) is 0 Å². The predicted octanol–water partition coefficient (Wildman–Crippen LogP) is 4.99. The normalized spacial score (nSPS) is 14.9. The van der Waals surface area contributed by atoms with Gasteiger partial charge in [0.05, 0.1) is 23.4 Å². The van der Waals surface area contributed by atoms with Crippen molar-refractivity contribution in [1.29, 1.82) is 0 Å². The van der Waals surface area contributed by atoms with Crippen LogP contribution in [0.5, 0.6) is 0 Å². The van der Waals surface area contributed by atoms with Crippen molar-refractivity contribution in [2.75, 3.05) is 44.3 Å². The third-order valence-corrected chi connectivity index (χ3v) is 6.95. The number of benzene rings is 2. The van der Waals surface area contributed by atoms with E-state index in [0.717, 1.165) is 65.5 Å². The molecule has 2 aromatic carbocycles. The number of halogens is 1. The van der Waals surface area contributed by atoms with Crippen LogP contribution >= 0.6 is 27.3 Å². The van der Waals surface area contributed by atoms with Crippen molar-refractivity contribution in [1.82, 2.24) is 9.88 Å². The molecule has 158 valence electrons. The summed E-state index contributed by atoms with van der Waals surface area (Å²) in [5, 5.41) is 0.771. The van der Waals surface area contributed by atoms with E-state index in [-0.39, 0.29) is 5.91 Å². The number of morpholine rings is 1. The number of aryl methyl sites for hydroxylation is 1. The Morgan fingerprint density at radius 3 is 2.70 bits per heavy atom. The minimum atomic E-state index is -0.000696. The SMILES string of the molecule is CCc1ccc2nc(N(CCCN3CCOCC3)C(=O)c3ccc(Br)cc3)sc2c1. The van der Waals surface area contributed by atoms with Gasteiger partial charge in [0.1, 0.15) is 0 Å². The van der Waals surface area contributed by atoms with Crippen molar-refractivity contribution < 1.29 is 9.53 Å². The molecule has 7 heteroatoms. The van der Waals surface area contributed by atoms with E-state index in [0.29, 0.717) is 12.1 Å². The lowest BCUT2D eigenvalue weighted by atomic mass is 10.2. The van der Waals surface area contributed by atoms with Gasteiger partial charge in [0.25, 0.3) is 5.91 Å². The zero-order chi connectivity index (χ0) is 20.9. The average Bonchev–Trinajstić information content (AvgIpc) is 3.20. The summed E-state index contributed by atoms with van der Waals surface area (Å²) in [6.45, 7) is 7.25. The second-order valence-corrected chi connectivity index (χ2v) is 9.35. The summed E-state index contributed by atoms with van der Waals surface area (Å²) in [5.74, 6) is -0.000696. The van der Waals surface area contributed by atoms with Gasteiger partial charge in [-0.3, -0.25) is 14.6 Å². The summed E-state index contributed by atoms with van der Waals surface area (Å²) in [7, 11) is 0. The summed E-state index contributed by atoms with van der Waals surface area (Å²) >= 11 is 5.05. The van der Waals surface area contributed by atoms with Gasteiger partial charge in [-0.05, 0) is 54.8 Å². The maximum atomic E-state index is 13.4. The summed E-state index contributed by atoms with van der Waals surface area (Å²) in [6, 6.07) is 13.9. The van der Waals surface area contributed by atoms with Crippen LogP contribution in [0.25, 0.3) is 10.2 Å². The van der Waals surface area contributed by atoms with E-state index in [9.17, 15) is 4.79 Å².